The van der Waals surface area contributed by atoms with Crippen LogP contribution in [0.4, 0.5) is 4.39 Å². The first-order valence-corrected chi connectivity index (χ1v) is 8.37. The van der Waals surface area contributed by atoms with Gasteiger partial charge in [0, 0.05) is 18.2 Å². The number of nitriles is 1. The first kappa shape index (κ1) is 19.0. The Kier molecular flexibility index (Phi) is 5.51. The van der Waals surface area contributed by atoms with Gasteiger partial charge < -0.3 is 19.7 Å². The van der Waals surface area contributed by atoms with Gasteiger partial charge in [-0.15, -0.1) is 0 Å². The van der Waals surface area contributed by atoms with Crippen LogP contribution in [0.25, 0.3) is 0 Å². The molecule has 0 radical (unpaired) electrons. The summed E-state index contributed by atoms with van der Waals surface area (Å²) in [6.45, 7) is -0.635. The second kappa shape index (κ2) is 7.84. The minimum absolute atomic E-state index is 0.161. The molecule has 0 saturated carbocycles. The topological polar surface area (TPSA) is 95.1 Å². The molecule has 27 heavy (non-hydrogen) atoms. The molecule has 140 valence electrons. The van der Waals surface area contributed by atoms with Crippen LogP contribution >= 0.6 is 0 Å². The molecular weight excluding hydrogens is 351 g/mol. The first-order chi connectivity index (χ1) is 13.1. The van der Waals surface area contributed by atoms with Gasteiger partial charge in [-0.05, 0) is 23.8 Å². The molecule has 1 aliphatic heterocycles. The summed E-state index contributed by atoms with van der Waals surface area (Å²) in [6, 6.07) is 14.0. The van der Waals surface area contributed by atoms with Crippen molar-refractivity contribution in [2.24, 2.45) is 4.99 Å². The molecule has 0 fully saturated rings. The zero-order chi connectivity index (χ0) is 19.4. The van der Waals surface area contributed by atoms with Gasteiger partial charge in [-0.1, -0.05) is 30.3 Å². The lowest BCUT2D eigenvalue weighted by molar-refractivity contribution is 0.00894. The molecule has 3 atom stereocenters. The van der Waals surface area contributed by atoms with Crippen molar-refractivity contribution < 1.29 is 24.1 Å². The van der Waals surface area contributed by atoms with E-state index < -0.39 is 30.2 Å². The molecule has 0 amide bonds. The number of hydrogen-bond acceptors (Lipinski definition) is 6. The second-order valence-electron chi connectivity index (χ2n) is 6.11. The average molecular weight is 370 g/mol. The lowest BCUT2D eigenvalue weighted by atomic mass is 9.76. The van der Waals surface area contributed by atoms with Gasteiger partial charge in [0.1, 0.15) is 18.5 Å². The second-order valence-corrected chi connectivity index (χ2v) is 6.11. The van der Waals surface area contributed by atoms with E-state index in [-0.39, 0.29) is 12.5 Å². The average Bonchev–Trinajstić information content (AvgIpc) is 2.71. The molecule has 2 N–H and O–H groups in total. The minimum atomic E-state index is -1.31. The summed E-state index contributed by atoms with van der Waals surface area (Å²) in [7, 11) is 1.45. The predicted octanol–water partition coefficient (Wildman–Crippen LogP) is 1.74. The normalized spacial score (nSPS) is 22.3. The van der Waals surface area contributed by atoms with Crippen molar-refractivity contribution in [3.63, 3.8) is 0 Å². The third-order valence-electron chi connectivity index (χ3n) is 4.51. The molecule has 0 spiro atoms. The molecule has 2 aromatic carbocycles. The van der Waals surface area contributed by atoms with Gasteiger partial charge in [-0.25, -0.2) is 9.38 Å². The van der Waals surface area contributed by atoms with E-state index in [0.29, 0.717) is 16.7 Å². The Labute approximate surface area is 156 Å². The standard InChI is InChI=1S/C20H19FN2O4/c1-26-20(13-5-4-6-14(21)9-13)17-8-3-2-7-16(17)19(23-18(20)10-22)27-12-15(25)11-24/h2-9,15,18,24-25H,11-12H2,1H3. The smallest absolute Gasteiger partial charge is 0.218 e. The van der Waals surface area contributed by atoms with Crippen LogP contribution in [0.2, 0.25) is 0 Å². The zero-order valence-electron chi connectivity index (χ0n) is 14.7. The van der Waals surface area contributed by atoms with E-state index >= 15 is 0 Å². The summed E-state index contributed by atoms with van der Waals surface area (Å²) in [4.78, 5) is 4.37. The Bertz CT molecular complexity index is 896. The van der Waals surface area contributed by atoms with Crippen molar-refractivity contribution >= 4 is 5.90 Å². The summed E-state index contributed by atoms with van der Waals surface area (Å²) in [5, 5.41) is 28.3. The Morgan fingerprint density at radius 1 is 1.30 bits per heavy atom. The number of hydrogen-bond donors (Lipinski definition) is 2. The van der Waals surface area contributed by atoms with E-state index in [1.54, 1.807) is 36.4 Å². The van der Waals surface area contributed by atoms with E-state index in [9.17, 15) is 14.8 Å². The van der Waals surface area contributed by atoms with Crippen molar-refractivity contribution in [1.29, 1.82) is 5.26 Å². The molecule has 6 nitrogen and oxygen atoms in total. The Hall–Kier alpha value is -2.79. The van der Waals surface area contributed by atoms with Crippen LogP contribution in [0.5, 0.6) is 0 Å². The monoisotopic (exact) mass is 370 g/mol. The molecule has 3 unspecified atom stereocenters. The molecular formula is C20H19FN2O4. The number of rotatable bonds is 5. The van der Waals surface area contributed by atoms with E-state index in [1.807, 2.05) is 0 Å². The van der Waals surface area contributed by atoms with Gasteiger partial charge >= 0.3 is 0 Å². The fourth-order valence-electron chi connectivity index (χ4n) is 3.25. The number of aliphatic hydroxyl groups excluding tert-OH is 2. The number of fused-ring (bicyclic) bond motifs is 1. The molecule has 0 bridgehead atoms. The third-order valence-corrected chi connectivity index (χ3v) is 4.51. The highest BCUT2D eigenvalue weighted by atomic mass is 19.1. The minimum Gasteiger partial charge on any atom is -0.475 e. The highest BCUT2D eigenvalue weighted by Crippen LogP contribution is 2.43. The van der Waals surface area contributed by atoms with Crippen LogP contribution in [-0.2, 0) is 15.1 Å². The van der Waals surface area contributed by atoms with Crippen molar-refractivity contribution in [2.45, 2.75) is 17.7 Å². The maximum absolute atomic E-state index is 13.9. The van der Waals surface area contributed by atoms with Crippen LogP contribution < -0.4 is 0 Å². The lowest BCUT2D eigenvalue weighted by Gasteiger charge is -2.39. The number of aliphatic hydroxyl groups is 2. The van der Waals surface area contributed by atoms with Crippen LogP contribution in [0.15, 0.2) is 53.5 Å². The summed E-state index contributed by atoms with van der Waals surface area (Å²) in [6.07, 6.45) is -1.07. The molecule has 2 aromatic rings. The van der Waals surface area contributed by atoms with Crippen LogP contribution in [-0.4, -0.2) is 48.6 Å². The highest BCUT2D eigenvalue weighted by molar-refractivity contribution is 5.98. The maximum Gasteiger partial charge on any atom is 0.218 e. The van der Waals surface area contributed by atoms with E-state index in [1.165, 1.54) is 19.2 Å². The van der Waals surface area contributed by atoms with Gasteiger partial charge in [0.25, 0.3) is 0 Å². The summed E-state index contributed by atoms with van der Waals surface area (Å²) in [5.74, 6) is -0.288. The van der Waals surface area contributed by atoms with Crippen molar-refractivity contribution in [1.82, 2.24) is 0 Å². The number of nitrogens with zero attached hydrogens (tertiary/aromatic N) is 2. The molecule has 0 saturated heterocycles. The van der Waals surface area contributed by atoms with Crippen LogP contribution in [0.3, 0.4) is 0 Å². The molecule has 0 aliphatic carbocycles. The molecule has 1 heterocycles. The van der Waals surface area contributed by atoms with Crippen molar-refractivity contribution in [3.05, 3.63) is 71.0 Å². The van der Waals surface area contributed by atoms with Crippen molar-refractivity contribution in [3.8, 4) is 6.07 Å². The fraction of sp³-hybridized carbons (Fsp3) is 0.300. The van der Waals surface area contributed by atoms with Crippen LogP contribution in [0, 0.1) is 17.1 Å². The summed E-state index contributed by atoms with van der Waals surface area (Å²) < 4.78 is 25.3. The van der Waals surface area contributed by atoms with Gasteiger partial charge in [-0.2, -0.15) is 5.26 Å². The number of ether oxygens (including phenoxy) is 2. The number of halogens is 1. The highest BCUT2D eigenvalue weighted by Gasteiger charge is 2.48. The number of aliphatic imine (C=N–C) groups is 1. The molecule has 3 rings (SSSR count). The van der Waals surface area contributed by atoms with E-state index in [2.05, 4.69) is 11.1 Å². The SMILES string of the molecule is COC1(c2cccc(F)c2)c2ccccc2C(OCC(O)CO)=NC1C#N. The third kappa shape index (κ3) is 3.30. The first-order valence-electron chi connectivity index (χ1n) is 8.37. The number of methoxy groups -OCH3 is 1. The Morgan fingerprint density at radius 3 is 2.74 bits per heavy atom. The van der Waals surface area contributed by atoms with Crippen LogP contribution in [0.1, 0.15) is 16.7 Å². The van der Waals surface area contributed by atoms with E-state index in [4.69, 9.17) is 14.6 Å². The van der Waals surface area contributed by atoms with Gasteiger partial charge in [-0.3, -0.25) is 0 Å². The Balaban J connectivity index is 2.16. The predicted molar refractivity (Wildman–Crippen MR) is 95.6 cm³/mol. The van der Waals surface area contributed by atoms with Crippen molar-refractivity contribution in [2.75, 3.05) is 20.3 Å². The molecule has 0 aromatic heterocycles. The molecule has 1 aliphatic rings. The van der Waals surface area contributed by atoms with Gasteiger partial charge in [0.05, 0.1) is 12.7 Å². The zero-order valence-corrected chi connectivity index (χ0v) is 14.7. The molecule has 7 heteroatoms. The fourth-order valence-corrected chi connectivity index (χ4v) is 3.25. The summed E-state index contributed by atoms with van der Waals surface area (Å²) in [5.41, 5.74) is 0.325. The number of benzene rings is 2. The lowest BCUT2D eigenvalue weighted by Crippen LogP contribution is -2.46. The quantitative estimate of drug-likeness (QED) is 0.836. The van der Waals surface area contributed by atoms with Gasteiger partial charge in [0.2, 0.25) is 5.90 Å². The largest absolute Gasteiger partial charge is 0.475 e. The van der Waals surface area contributed by atoms with Gasteiger partial charge in [0.15, 0.2) is 11.6 Å². The maximum atomic E-state index is 13.9. The summed E-state index contributed by atoms with van der Waals surface area (Å²) >= 11 is 0. The Morgan fingerprint density at radius 2 is 2.07 bits per heavy atom. The van der Waals surface area contributed by atoms with E-state index in [0.717, 1.165) is 0 Å².